The Labute approximate surface area is 207 Å². The number of aromatic amines is 1. The van der Waals surface area contributed by atoms with E-state index in [1.165, 1.54) is 24.3 Å². The summed E-state index contributed by atoms with van der Waals surface area (Å²) in [6.45, 7) is 3.54. The Hall–Kier alpha value is -3.13. The van der Waals surface area contributed by atoms with Gasteiger partial charge in [0.15, 0.2) is 0 Å². The van der Waals surface area contributed by atoms with Crippen molar-refractivity contribution in [3.8, 4) is 0 Å². The van der Waals surface area contributed by atoms with Gasteiger partial charge in [-0.3, -0.25) is 19.2 Å². The first kappa shape index (κ1) is 29.9. The van der Waals surface area contributed by atoms with Crippen molar-refractivity contribution in [1.82, 2.24) is 25.9 Å². The highest BCUT2D eigenvalue weighted by Crippen LogP contribution is 2.07. The van der Waals surface area contributed by atoms with Crippen LogP contribution in [-0.2, 0) is 30.4 Å². The van der Waals surface area contributed by atoms with Gasteiger partial charge in [0.1, 0.15) is 18.1 Å². The lowest BCUT2D eigenvalue weighted by Crippen LogP contribution is -2.58. The first-order valence-corrected chi connectivity index (χ1v) is 12.4. The minimum atomic E-state index is -1.57. The van der Waals surface area contributed by atoms with Gasteiger partial charge in [0.05, 0.1) is 18.8 Å². The van der Waals surface area contributed by atoms with Crippen LogP contribution >= 0.6 is 11.8 Å². The summed E-state index contributed by atoms with van der Waals surface area (Å²) in [6.07, 6.45) is 4.37. The summed E-state index contributed by atoms with van der Waals surface area (Å²) < 4.78 is 0. The number of carbonyl (C=O) groups excluding carboxylic acids is 3. The summed E-state index contributed by atoms with van der Waals surface area (Å²) in [6, 6.07) is -4.89. The van der Waals surface area contributed by atoms with E-state index >= 15 is 0 Å². The Morgan fingerprint density at radius 1 is 1.03 bits per heavy atom. The minimum absolute atomic E-state index is 0.0284. The molecule has 0 aliphatic rings. The third kappa shape index (κ3) is 11.2. The summed E-state index contributed by atoms with van der Waals surface area (Å²) in [5.41, 5.74) is 6.39. The van der Waals surface area contributed by atoms with Gasteiger partial charge in [-0.15, -0.1) is 0 Å². The van der Waals surface area contributed by atoms with Gasteiger partial charge in [-0.2, -0.15) is 11.8 Å². The number of aliphatic carboxylic acids is 2. The fraction of sp³-hybridized carbons (Fsp3) is 0.619. The molecule has 196 valence electrons. The van der Waals surface area contributed by atoms with E-state index in [2.05, 4.69) is 25.9 Å². The van der Waals surface area contributed by atoms with Gasteiger partial charge >= 0.3 is 11.9 Å². The van der Waals surface area contributed by atoms with E-state index in [0.29, 0.717) is 17.9 Å². The number of carbonyl (C=O) groups is 5. The molecule has 13 nitrogen and oxygen atoms in total. The SMILES string of the molecule is CSCCC(N)C(=O)NC(Cc1cnc[nH]1)C(=O)NC(CC(=O)O)C(=O)NC(CC(C)C)C(=O)O. The number of nitrogens with two attached hydrogens (primary N) is 1. The van der Waals surface area contributed by atoms with Crippen LogP contribution in [-0.4, -0.2) is 86.0 Å². The van der Waals surface area contributed by atoms with E-state index in [9.17, 15) is 34.2 Å². The number of amides is 3. The van der Waals surface area contributed by atoms with Gasteiger partial charge in [0, 0.05) is 18.3 Å². The number of hydrogen-bond acceptors (Lipinski definition) is 8. The number of rotatable bonds is 16. The third-order valence-corrected chi connectivity index (χ3v) is 5.56. The molecular formula is C21H34N6O7S. The number of aromatic nitrogens is 2. The Morgan fingerprint density at radius 3 is 2.14 bits per heavy atom. The van der Waals surface area contributed by atoms with Gasteiger partial charge in [-0.05, 0) is 30.8 Å². The number of thioether (sulfide) groups is 1. The average Bonchev–Trinajstić information content (AvgIpc) is 3.28. The normalized spacial score (nSPS) is 14.4. The third-order valence-electron chi connectivity index (χ3n) is 4.92. The summed E-state index contributed by atoms with van der Waals surface area (Å²) in [4.78, 5) is 67.8. The molecular weight excluding hydrogens is 480 g/mol. The Morgan fingerprint density at radius 2 is 1.63 bits per heavy atom. The molecule has 1 heterocycles. The largest absolute Gasteiger partial charge is 0.481 e. The molecule has 0 aromatic carbocycles. The Kier molecular flexibility index (Phi) is 12.8. The van der Waals surface area contributed by atoms with Gasteiger partial charge < -0.3 is 36.9 Å². The van der Waals surface area contributed by atoms with E-state index in [4.69, 9.17) is 5.73 Å². The van der Waals surface area contributed by atoms with Crippen LogP contribution in [0.3, 0.4) is 0 Å². The van der Waals surface area contributed by atoms with Crippen LogP contribution < -0.4 is 21.7 Å². The zero-order valence-corrected chi connectivity index (χ0v) is 20.8. The van der Waals surface area contributed by atoms with Crippen LogP contribution in [0.5, 0.6) is 0 Å². The second-order valence-electron chi connectivity index (χ2n) is 8.42. The highest BCUT2D eigenvalue weighted by molar-refractivity contribution is 7.98. The number of hydrogen-bond donors (Lipinski definition) is 7. The molecule has 14 heteroatoms. The number of nitrogens with zero attached hydrogens (tertiary/aromatic N) is 1. The second-order valence-corrected chi connectivity index (χ2v) is 9.40. The minimum Gasteiger partial charge on any atom is -0.481 e. The standard InChI is InChI=1S/C21H34N6O7S/c1-11(2)6-16(21(33)34)27-20(32)15(8-17(28)29)26-19(31)14(7-12-9-23-10-24-12)25-18(30)13(22)4-5-35-3/h9-11,13-16H,4-8,22H2,1-3H3,(H,23,24)(H,25,30)(H,26,31)(H,27,32)(H,28,29)(H,33,34). The lowest BCUT2D eigenvalue weighted by Gasteiger charge is -2.24. The predicted molar refractivity (Wildman–Crippen MR) is 128 cm³/mol. The molecule has 0 aliphatic heterocycles. The van der Waals surface area contributed by atoms with Crippen LogP contribution in [0, 0.1) is 5.92 Å². The first-order valence-electron chi connectivity index (χ1n) is 11.0. The molecule has 0 radical (unpaired) electrons. The van der Waals surface area contributed by atoms with E-state index in [0.717, 1.165) is 0 Å². The van der Waals surface area contributed by atoms with Crippen LogP contribution in [0.25, 0.3) is 0 Å². The van der Waals surface area contributed by atoms with E-state index in [1.807, 2.05) is 6.26 Å². The fourth-order valence-corrected chi connectivity index (χ4v) is 3.59. The smallest absolute Gasteiger partial charge is 0.326 e. The summed E-state index contributed by atoms with van der Waals surface area (Å²) in [7, 11) is 0. The molecule has 1 rings (SSSR count). The molecule has 1 aromatic heterocycles. The molecule has 4 unspecified atom stereocenters. The summed E-state index contributed by atoms with van der Waals surface area (Å²) >= 11 is 1.51. The lowest BCUT2D eigenvalue weighted by atomic mass is 10.0. The molecule has 0 saturated heterocycles. The molecule has 35 heavy (non-hydrogen) atoms. The van der Waals surface area contributed by atoms with Crippen LogP contribution in [0.1, 0.15) is 38.8 Å². The van der Waals surface area contributed by atoms with E-state index in [1.54, 1.807) is 13.8 Å². The van der Waals surface area contributed by atoms with Crippen molar-refractivity contribution in [1.29, 1.82) is 0 Å². The van der Waals surface area contributed by atoms with Crippen molar-refractivity contribution in [2.24, 2.45) is 11.7 Å². The molecule has 8 N–H and O–H groups in total. The molecule has 0 saturated carbocycles. The topological polar surface area (TPSA) is 217 Å². The highest BCUT2D eigenvalue weighted by atomic mass is 32.2. The van der Waals surface area contributed by atoms with Crippen molar-refractivity contribution in [2.75, 3.05) is 12.0 Å². The second kappa shape index (κ2) is 15.0. The number of imidazole rings is 1. The lowest BCUT2D eigenvalue weighted by molar-refractivity contribution is -0.144. The highest BCUT2D eigenvalue weighted by Gasteiger charge is 2.32. The zero-order valence-electron chi connectivity index (χ0n) is 19.9. The molecule has 0 fully saturated rings. The maximum Gasteiger partial charge on any atom is 0.326 e. The Balaban J connectivity index is 3.03. The molecule has 0 bridgehead atoms. The van der Waals surface area contributed by atoms with E-state index < -0.39 is 60.2 Å². The monoisotopic (exact) mass is 514 g/mol. The van der Waals surface area contributed by atoms with Crippen molar-refractivity contribution in [3.63, 3.8) is 0 Å². The number of carboxylic acid groups (broad SMARTS) is 2. The van der Waals surface area contributed by atoms with Gasteiger partial charge in [0.2, 0.25) is 17.7 Å². The fourth-order valence-electron chi connectivity index (χ4n) is 3.10. The van der Waals surface area contributed by atoms with Crippen LogP contribution in [0.2, 0.25) is 0 Å². The van der Waals surface area contributed by atoms with Gasteiger partial charge in [-0.25, -0.2) is 9.78 Å². The number of H-pyrrole nitrogens is 1. The molecule has 0 spiro atoms. The van der Waals surface area contributed by atoms with Crippen LogP contribution in [0.4, 0.5) is 0 Å². The van der Waals surface area contributed by atoms with E-state index in [-0.39, 0.29) is 18.8 Å². The molecule has 0 aliphatic carbocycles. The van der Waals surface area contributed by atoms with Crippen molar-refractivity contribution >= 4 is 41.4 Å². The van der Waals surface area contributed by atoms with Crippen molar-refractivity contribution < 1.29 is 34.2 Å². The van der Waals surface area contributed by atoms with Gasteiger partial charge in [-0.1, -0.05) is 13.8 Å². The average molecular weight is 515 g/mol. The maximum atomic E-state index is 13.0. The summed E-state index contributed by atoms with van der Waals surface area (Å²) in [5, 5.41) is 25.8. The molecule has 3 amide bonds. The molecule has 1 aromatic rings. The van der Waals surface area contributed by atoms with Crippen molar-refractivity contribution in [2.45, 2.75) is 63.7 Å². The quantitative estimate of drug-likeness (QED) is 0.144. The number of nitrogens with one attached hydrogen (secondary N) is 4. The Bertz CT molecular complexity index is 864. The van der Waals surface area contributed by atoms with Crippen molar-refractivity contribution in [3.05, 3.63) is 18.2 Å². The molecule has 4 atom stereocenters. The maximum absolute atomic E-state index is 13.0. The predicted octanol–water partition coefficient (Wildman–Crippen LogP) is -0.908. The zero-order chi connectivity index (χ0) is 26.5. The number of carboxylic acids is 2. The first-order chi connectivity index (χ1) is 16.4. The van der Waals surface area contributed by atoms with Crippen LogP contribution in [0.15, 0.2) is 12.5 Å². The summed E-state index contributed by atoms with van der Waals surface area (Å²) in [5.74, 6) is -4.47. The van der Waals surface area contributed by atoms with Gasteiger partial charge in [0.25, 0.3) is 0 Å².